The zero-order valence-corrected chi connectivity index (χ0v) is 26.9. The molecule has 0 saturated heterocycles. The standard InChI is InChI=1S/C22H19F29NO2S/c1-52(2,3)6-8(53)7-55(54)5-4-9(23,24)10(25,26)11(27,28)12(29,30)13(31,32)14(33,34)15(35,36)16(37,38)17(39,40)18(41,42)19(43,44)20(45,46)21(47,48)22(49,50)51/h8,53H,4-7H2,1-3H3/q+1. The summed E-state index contributed by atoms with van der Waals surface area (Å²) in [6.45, 7) is -0.442. The molecule has 0 heterocycles. The quantitative estimate of drug-likeness (QED) is 0.104. The lowest BCUT2D eigenvalue weighted by atomic mass is 9.83. The van der Waals surface area contributed by atoms with E-state index in [2.05, 4.69) is 0 Å². The Morgan fingerprint density at radius 3 is 0.855 bits per heavy atom. The van der Waals surface area contributed by atoms with E-state index in [1.165, 1.54) is 21.1 Å². The average molecular weight is 912 g/mol. The van der Waals surface area contributed by atoms with Crippen LogP contribution in [0.5, 0.6) is 0 Å². The van der Waals surface area contributed by atoms with Gasteiger partial charge in [-0.05, 0) is 0 Å². The van der Waals surface area contributed by atoms with Crippen molar-refractivity contribution in [1.82, 2.24) is 0 Å². The van der Waals surface area contributed by atoms with Gasteiger partial charge in [-0.15, -0.1) is 0 Å². The van der Waals surface area contributed by atoms with E-state index in [-0.39, 0.29) is 4.48 Å². The molecule has 0 saturated carbocycles. The minimum atomic E-state index is -9.97. The molecule has 0 spiro atoms. The highest BCUT2D eigenvalue weighted by atomic mass is 32.2. The fourth-order valence-electron chi connectivity index (χ4n) is 3.76. The minimum absolute atomic E-state index is 0.221. The second-order valence-electron chi connectivity index (χ2n) is 12.3. The van der Waals surface area contributed by atoms with Crippen LogP contribution in [0.15, 0.2) is 0 Å². The number of hydrogen-bond donors (Lipinski definition) is 1. The van der Waals surface area contributed by atoms with Crippen molar-refractivity contribution < 1.29 is 141 Å². The van der Waals surface area contributed by atoms with E-state index < -0.39 is 125 Å². The summed E-state index contributed by atoms with van der Waals surface area (Å²) in [5.41, 5.74) is 0. The molecule has 0 aliphatic heterocycles. The molecule has 2 atom stereocenters. The summed E-state index contributed by atoms with van der Waals surface area (Å²) >= 11 is 0. The van der Waals surface area contributed by atoms with Gasteiger partial charge in [0.05, 0.1) is 26.9 Å². The van der Waals surface area contributed by atoms with Gasteiger partial charge < -0.3 is 9.59 Å². The predicted octanol–water partition coefficient (Wildman–Crippen LogP) is 9.01. The lowest BCUT2D eigenvalue weighted by Crippen LogP contribution is -2.79. The number of aliphatic hydroxyl groups is 1. The summed E-state index contributed by atoms with van der Waals surface area (Å²) in [5, 5.41) is 9.64. The molecule has 0 fully saturated rings. The van der Waals surface area contributed by atoms with Crippen molar-refractivity contribution in [3.63, 3.8) is 0 Å². The lowest BCUT2D eigenvalue weighted by Gasteiger charge is -2.46. The van der Waals surface area contributed by atoms with E-state index in [0.717, 1.165) is 0 Å². The van der Waals surface area contributed by atoms with Gasteiger partial charge in [0.1, 0.15) is 12.6 Å². The highest BCUT2D eigenvalue weighted by molar-refractivity contribution is 7.85. The number of rotatable bonds is 19. The second kappa shape index (κ2) is 14.1. The zero-order chi connectivity index (χ0) is 45.5. The lowest BCUT2D eigenvalue weighted by molar-refractivity contribution is -0.873. The number of nitrogens with zero attached hydrogens (tertiary/aromatic N) is 1. The smallest absolute Gasteiger partial charge is 0.386 e. The molecule has 0 aromatic heterocycles. The third kappa shape index (κ3) is 7.71. The summed E-state index contributed by atoms with van der Waals surface area (Å²) < 4.78 is 406. The molecule has 0 aliphatic carbocycles. The van der Waals surface area contributed by atoms with Gasteiger partial charge in [-0.2, -0.15) is 127 Å². The van der Waals surface area contributed by atoms with Crippen molar-refractivity contribution in [3.8, 4) is 0 Å². The summed E-state index contributed by atoms with van der Waals surface area (Å²) in [4.78, 5) is 0. The van der Waals surface area contributed by atoms with Crippen molar-refractivity contribution in [2.45, 2.75) is 95.7 Å². The van der Waals surface area contributed by atoms with Crippen molar-refractivity contribution in [2.75, 3.05) is 39.2 Å². The molecule has 0 rings (SSSR count). The molecule has 1 N–H and O–H groups in total. The van der Waals surface area contributed by atoms with Gasteiger partial charge >= 0.3 is 83.2 Å². The molecule has 33 heteroatoms. The first-order chi connectivity index (χ1) is 23.2. The first-order valence-electron chi connectivity index (χ1n) is 13.1. The van der Waals surface area contributed by atoms with Crippen LogP contribution in [0.1, 0.15) is 6.42 Å². The van der Waals surface area contributed by atoms with Gasteiger partial charge in [0, 0.05) is 23.0 Å². The van der Waals surface area contributed by atoms with E-state index >= 15 is 0 Å². The molecular weight excluding hydrogens is 893 g/mol. The molecule has 55 heavy (non-hydrogen) atoms. The molecule has 0 aliphatic rings. The molecule has 332 valence electrons. The third-order valence-corrected chi connectivity index (χ3v) is 8.35. The van der Waals surface area contributed by atoms with Crippen LogP contribution >= 0.6 is 0 Å². The molecule has 0 bridgehead atoms. The van der Waals surface area contributed by atoms with Crippen LogP contribution in [-0.2, 0) is 10.8 Å². The molecule has 0 aromatic rings. The van der Waals surface area contributed by atoms with Gasteiger partial charge in [-0.3, -0.25) is 4.21 Å². The van der Waals surface area contributed by atoms with Crippen LogP contribution in [0, 0.1) is 0 Å². The Morgan fingerprint density at radius 2 is 0.636 bits per heavy atom. The van der Waals surface area contributed by atoms with Gasteiger partial charge in [0.15, 0.2) is 0 Å². The molecule has 0 amide bonds. The van der Waals surface area contributed by atoms with Crippen molar-refractivity contribution in [3.05, 3.63) is 0 Å². The van der Waals surface area contributed by atoms with Crippen LogP contribution in [0.4, 0.5) is 127 Å². The number of aliphatic hydroxyl groups excluding tert-OH is 1. The number of halogens is 29. The van der Waals surface area contributed by atoms with E-state index in [1.807, 2.05) is 0 Å². The van der Waals surface area contributed by atoms with Gasteiger partial charge in [0.25, 0.3) is 0 Å². The Bertz CT molecular complexity index is 1380. The second-order valence-corrected chi connectivity index (χ2v) is 13.9. The first-order valence-corrected chi connectivity index (χ1v) is 14.5. The minimum Gasteiger partial charge on any atom is -0.386 e. The van der Waals surface area contributed by atoms with Crippen molar-refractivity contribution in [2.24, 2.45) is 0 Å². The van der Waals surface area contributed by atoms with Crippen molar-refractivity contribution in [1.29, 1.82) is 0 Å². The normalized spacial score (nSPS) is 17.8. The summed E-state index contributed by atoms with van der Waals surface area (Å²) in [6, 6.07) is 0. The SMILES string of the molecule is C[N+](C)(C)CC(O)CS(=O)CCC(F)(F)C(F)(F)C(F)(F)C(F)(F)C(F)(F)C(F)(F)C(F)(F)C(F)(F)C(F)(F)C(F)(F)C(F)(F)C(F)(F)C(F)(F)C(F)(F)F. The fraction of sp³-hybridized carbons (Fsp3) is 1.00. The van der Waals surface area contributed by atoms with Crippen LogP contribution in [0.25, 0.3) is 0 Å². The molecule has 3 nitrogen and oxygen atoms in total. The van der Waals surface area contributed by atoms with Gasteiger partial charge in [-0.25, -0.2) is 0 Å². The molecular formula is C22H19F29NO2S+. The maximum Gasteiger partial charge on any atom is 0.460 e. The predicted molar refractivity (Wildman–Crippen MR) is 122 cm³/mol. The summed E-state index contributed by atoms with van der Waals surface area (Å²) in [5.74, 6) is -124. The Kier molecular flexibility index (Phi) is 13.6. The Labute approximate surface area is 287 Å². The highest BCUT2D eigenvalue weighted by Crippen LogP contribution is 2.69. The first kappa shape index (κ1) is 53.0. The van der Waals surface area contributed by atoms with Crippen LogP contribution in [0.3, 0.4) is 0 Å². The number of alkyl halides is 29. The van der Waals surface area contributed by atoms with E-state index in [9.17, 15) is 137 Å². The van der Waals surface area contributed by atoms with Crippen molar-refractivity contribution >= 4 is 10.8 Å². The van der Waals surface area contributed by atoms with Crippen LogP contribution in [0.2, 0.25) is 0 Å². The highest BCUT2D eigenvalue weighted by Gasteiger charge is 3.00. The Morgan fingerprint density at radius 1 is 0.418 bits per heavy atom. The fourth-order valence-corrected chi connectivity index (χ4v) is 4.95. The Balaban J connectivity index is 7.19. The number of hydrogen-bond acceptors (Lipinski definition) is 2. The van der Waals surface area contributed by atoms with E-state index in [0.29, 0.717) is 0 Å². The molecule has 2 unspecified atom stereocenters. The van der Waals surface area contributed by atoms with Crippen LogP contribution in [-0.4, -0.2) is 142 Å². The molecule has 0 radical (unpaired) electrons. The maximum absolute atomic E-state index is 14.1. The summed E-state index contributed by atoms with van der Waals surface area (Å²) in [7, 11) is 0.844. The topological polar surface area (TPSA) is 37.3 Å². The molecule has 0 aromatic carbocycles. The van der Waals surface area contributed by atoms with E-state index in [4.69, 9.17) is 0 Å². The monoisotopic (exact) mass is 912 g/mol. The number of likely N-dealkylation sites (N-methyl/N-ethyl adjacent to an activating group) is 1. The average Bonchev–Trinajstić information content (AvgIpc) is 2.93. The third-order valence-electron chi connectivity index (χ3n) is 6.93. The van der Waals surface area contributed by atoms with Crippen LogP contribution < -0.4 is 0 Å². The van der Waals surface area contributed by atoms with Gasteiger partial charge in [0.2, 0.25) is 0 Å². The summed E-state index contributed by atoms with van der Waals surface area (Å²) in [6.07, 6.45) is -13.3. The largest absolute Gasteiger partial charge is 0.460 e. The zero-order valence-electron chi connectivity index (χ0n) is 26.1. The van der Waals surface area contributed by atoms with E-state index in [1.54, 1.807) is 0 Å². The number of quaternary nitrogens is 1. The Hall–Kier alpha value is -1.96. The van der Waals surface area contributed by atoms with Gasteiger partial charge in [-0.1, -0.05) is 0 Å². The maximum atomic E-state index is 14.1.